The van der Waals surface area contributed by atoms with Crippen molar-refractivity contribution in [2.75, 3.05) is 0 Å². The zero-order valence-electron chi connectivity index (χ0n) is 13.9. The van der Waals surface area contributed by atoms with Crippen molar-refractivity contribution in [2.45, 2.75) is 25.8 Å². The van der Waals surface area contributed by atoms with Gasteiger partial charge in [0.2, 0.25) is 0 Å². The summed E-state index contributed by atoms with van der Waals surface area (Å²) in [5.41, 5.74) is 0.387. The third-order valence-corrected chi connectivity index (χ3v) is 8.07. The van der Waals surface area contributed by atoms with E-state index in [4.69, 9.17) is 4.79 Å². The minimum Gasteiger partial charge on any atom is -1.00 e. The van der Waals surface area contributed by atoms with E-state index < -0.39 is 16.0 Å². The number of hydrogen-bond acceptors (Lipinski definition) is 1. The van der Waals surface area contributed by atoms with Crippen molar-refractivity contribution < 1.29 is 22.2 Å². The molecule has 0 saturated carbocycles. The fraction of sp³-hybridized carbons (Fsp3) is 0.278. The van der Waals surface area contributed by atoms with Gasteiger partial charge in [-0.25, -0.2) is 0 Å². The van der Waals surface area contributed by atoms with Crippen LogP contribution in [-0.4, -0.2) is 6.79 Å². The Morgan fingerprint density at radius 2 is 1.19 bits per heavy atom. The molecule has 0 bridgehead atoms. The molecule has 0 aromatic heterocycles. The van der Waals surface area contributed by atoms with Crippen molar-refractivity contribution in [1.82, 2.24) is 0 Å². The van der Waals surface area contributed by atoms with Gasteiger partial charge in [0, 0.05) is 0 Å². The Hall–Kier alpha value is -0.837. The minimum absolute atomic E-state index is 0. The Labute approximate surface area is 139 Å². The Bertz CT molecular complexity index is 460. The van der Waals surface area contributed by atoms with Crippen LogP contribution in [0.4, 0.5) is 0 Å². The van der Waals surface area contributed by atoms with Gasteiger partial charge in [0.05, 0.1) is 0 Å². The molecule has 0 aliphatic carbocycles. The standard InChI is InChI=1S/2C6H5.C5H11.CO.H3P.Rh.H/c2*1-2-4-6-5-3-1;1-5(2,3)4;1-2;;;/h2*1-5H;1H2,2-4H3;;1H3;;/q;;;;;;-1. The summed E-state index contributed by atoms with van der Waals surface area (Å²) < 4.78 is 3.09. The molecule has 0 aliphatic rings. The summed E-state index contributed by atoms with van der Waals surface area (Å²) in [5, 5.41) is 1.30. The summed E-state index contributed by atoms with van der Waals surface area (Å²) >= 11 is -0.975. The van der Waals surface area contributed by atoms with Gasteiger partial charge in [0.25, 0.3) is 6.79 Å². The second-order valence-corrected chi connectivity index (χ2v) is 9.58. The molecule has 1 unspecified atom stereocenters. The van der Waals surface area contributed by atoms with Crippen LogP contribution in [0.25, 0.3) is 0 Å². The maximum atomic E-state index is 7.50. The van der Waals surface area contributed by atoms with E-state index in [1.54, 1.807) is 8.32 Å². The minimum atomic E-state index is -0.975. The average Bonchev–Trinajstić information content (AvgIpc) is 2.48. The molecule has 2 aromatic rings. The summed E-state index contributed by atoms with van der Waals surface area (Å²) in [6.07, 6.45) is 0. The van der Waals surface area contributed by atoms with Crippen LogP contribution in [0.1, 0.15) is 22.2 Å². The Balaban J connectivity index is 0. The fourth-order valence-corrected chi connectivity index (χ4v) is 6.58. The van der Waals surface area contributed by atoms with E-state index in [0.29, 0.717) is 5.41 Å². The third kappa shape index (κ3) is 7.12. The zero-order valence-corrected chi connectivity index (χ0v) is 16.0. The van der Waals surface area contributed by atoms with Crippen molar-refractivity contribution in [3.63, 3.8) is 0 Å². The molecule has 118 valence electrons. The number of benzene rings is 2. The van der Waals surface area contributed by atoms with E-state index in [2.05, 4.69) is 88.2 Å². The predicted octanol–water partition coefficient (Wildman–Crippen LogP) is 3.49. The first-order valence-electron chi connectivity index (χ1n) is 6.45. The van der Waals surface area contributed by atoms with Crippen LogP contribution in [0.2, 0.25) is 5.02 Å². The number of hydrogen-bond donors (Lipinski definition) is 0. The van der Waals surface area contributed by atoms with Crippen LogP contribution in [0.15, 0.2) is 60.7 Å². The van der Waals surface area contributed by atoms with Gasteiger partial charge in [-0.2, -0.15) is 9.90 Å². The maximum Gasteiger partial charge on any atom is 0.281 e. The van der Waals surface area contributed by atoms with E-state index in [0.717, 1.165) is 0 Å². The molecule has 1 atom stereocenters. The van der Waals surface area contributed by atoms with Crippen LogP contribution in [0, 0.1) is 5.41 Å². The summed E-state index contributed by atoms with van der Waals surface area (Å²) in [6.45, 7) is 11.5. The van der Waals surface area contributed by atoms with E-state index in [9.17, 15) is 0 Å². The molecule has 2 rings (SSSR count). The van der Waals surface area contributed by atoms with E-state index in [1.165, 1.54) is 5.02 Å². The summed E-state index contributed by atoms with van der Waals surface area (Å²) in [5.74, 6) is 0. The normalized spacial score (nSPS) is 10.7. The van der Waals surface area contributed by atoms with Crippen LogP contribution in [0.3, 0.4) is 0 Å². The topological polar surface area (TPSA) is 17.1 Å². The first-order valence-corrected chi connectivity index (χ1v) is 9.25. The monoisotopic (exact) mass is 391 g/mol. The molecule has 2 radical (unpaired) electrons. The Kier molecular flexibility index (Phi) is 9.59. The van der Waals surface area contributed by atoms with Crippen molar-refractivity contribution in [3.8, 4) is 0 Å². The largest absolute Gasteiger partial charge is 1.00 e. The second-order valence-electron chi connectivity index (χ2n) is 5.54. The molecule has 0 aliphatic heterocycles. The molecule has 0 saturated heterocycles. The van der Waals surface area contributed by atoms with Gasteiger partial charge in [-0.15, -0.1) is 0 Å². The van der Waals surface area contributed by atoms with Crippen LogP contribution in [0.5, 0.6) is 0 Å². The Morgan fingerprint density at radius 1 is 0.857 bits per heavy atom. The molecule has 0 amide bonds. The van der Waals surface area contributed by atoms with Gasteiger partial charge in [-0.1, -0.05) is 0 Å². The molecule has 0 heterocycles. The van der Waals surface area contributed by atoms with E-state index in [-0.39, 0.29) is 11.3 Å². The van der Waals surface area contributed by atoms with Crippen LogP contribution in [-0.2, 0) is 20.7 Å². The summed E-state index contributed by atoms with van der Waals surface area (Å²) in [4.78, 5) is 7.50. The Morgan fingerprint density at radius 3 is 1.48 bits per heavy atom. The molecule has 0 spiro atoms. The van der Waals surface area contributed by atoms with Gasteiger partial charge < -0.3 is 1.43 Å². The van der Waals surface area contributed by atoms with Crippen LogP contribution < -0.4 is 8.32 Å². The number of carbonyl (C=O) groups excluding carboxylic acids is 1. The van der Waals surface area contributed by atoms with Crippen molar-refractivity contribution in [2.24, 2.45) is 5.41 Å². The SMILES string of the molecule is CC(C)(C)[CH2][Rh]([c]1ccccc1)[c]1ccccc1.P.[C]=O.[H-]. The van der Waals surface area contributed by atoms with Crippen molar-refractivity contribution in [1.29, 1.82) is 0 Å². The second kappa shape index (κ2) is 9.98. The third-order valence-electron chi connectivity index (χ3n) is 2.37. The molecule has 0 N–H and O–H groups in total. The smallest absolute Gasteiger partial charge is 0.281 e. The first kappa shape index (κ1) is 20.2. The zero-order chi connectivity index (χ0) is 15.0. The van der Waals surface area contributed by atoms with Crippen molar-refractivity contribution >= 4 is 25.0 Å². The molecular weight excluding hydrogens is 366 g/mol. The first-order chi connectivity index (χ1) is 9.56. The predicted molar refractivity (Wildman–Crippen MR) is 94.3 cm³/mol. The van der Waals surface area contributed by atoms with Gasteiger partial charge in [0.15, 0.2) is 0 Å². The molecule has 3 heteroatoms. The van der Waals surface area contributed by atoms with Crippen LogP contribution >= 0.6 is 9.90 Å². The van der Waals surface area contributed by atoms with E-state index >= 15 is 0 Å². The van der Waals surface area contributed by atoms with E-state index in [1.807, 2.05) is 0 Å². The molecule has 2 aromatic carbocycles. The summed E-state index contributed by atoms with van der Waals surface area (Å²) in [7, 11) is 0. The fourth-order valence-electron chi connectivity index (χ4n) is 1.68. The molecular formula is C18H25OPRh-. The molecule has 1 nitrogen and oxygen atoms in total. The maximum absolute atomic E-state index is 7.50. The van der Waals surface area contributed by atoms with Gasteiger partial charge in [-0.05, 0) is 0 Å². The van der Waals surface area contributed by atoms with Gasteiger partial charge in [-0.3, -0.25) is 4.79 Å². The molecule has 21 heavy (non-hydrogen) atoms. The number of rotatable bonds is 3. The molecule has 0 fully saturated rings. The summed E-state index contributed by atoms with van der Waals surface area (Å²) in [6, 6.07) is 22.1. The van der Waals surface area contributed by atoms with Crippen molar-refractivity contribution in [3.05, 3.63) is 60.7 Å². The average molecular weight is 391 g/mol. The van der Waals surface area contributed by atoms with Gasteiger partial charge in [0.1, 0.15) is 0 Å². The van der Waals surface area contributed by atoms with Gasteiger partial charge >= 0.3 is 116 Å². The quantitative estimate of drug-likeness (QED) is 0.578.